The number of hydrogen-bond donors (Lipinski definition) is 3. The van der Waals surface area contributed by atoms with Gasteiger partial charge in [0.25, 0.3) is 0 Å². The lowest BCUT2D eigenvalue weighted by Gasteiger charge is -2.33. The van der Waals surface area contributed by atoms with E-state index in [4.69, 9.17) is 10.5 Å². The first-order chi connectivity index (χ1) is 17.5. The van der Waals surface area contributed by atoms with Crippen LogP contribution in [0, 0.1) is 5.82 Å². The largest absolute Gasteiger partial charge is 0.476 e. The molecule has 0 saturated carbocycles. The van der Waals surface area contributed by atoms with Crippen molar-refractivity contribution < 1.29 is 13.9 Å². The number of pyridine rings is 2. The maximum Gasteiger partial charge on any atom is 0.237 e. The van der Waals surface area contributed by atoms with Crippen molar-refractivity contribution in [3.63, 3.8) is 0 Å². The maximum absolute atomic E-state index is 13.0. The van der Waals surface area contributed by atoms with Gasteiger partial charge in [0, 0.05) is 25.3 Å². The van der Waals surface area contributed by atoms with Gasteiger partial charge in [-0.15, -0.1) is 0 Å². The number of hydrogen-bond acceptors (Lipinski definition) is 6. The molecular formula is C26H30FN7O2. The Balaban J connectivity index is 1.27. The highest BCUT2D eigenvalue weighted by molar-refractivity contribution is 5.94. The first kappa shape index (κ1) is 24.9. The topological polar surface area (TPSA) is 118 Å². The van der Waals surface area contributed by atoms with Crippen molar-refractivity contribution in [2.45, 2.75) is 32.2 Å². The molecule has 1 aromatic carbocycles. The third-order valence-electron chi connectivity index (χ3n) is 5.79. The number of halogens is 1. The quantitative estimate of drug-likeness (QED) is 0.327. The number of nitrogens with two attached hydrogens (primary N) is 1. The molecule has 1 aliphatic rings. The molecule has 1 saturated heterocycles. The number of nitrogens with one attached hydrogen (secondary N) is 2. The molecule has 1 aliphatic heterocycles. The predicted molar refractivity (Wildman–Crippen MR) is 138 cm³/mol. The Morgan fingerprint density at radius 3 is 2.64 bits per heavy atom. The lowest BCUT2D eigenvalue weighted by Crippen LogP contribution is -2.45. The molecule has 0 aliphatic carbocycles. The van der Waals surface area contributed by atoms with Gasteiger partial charge in [-0.25, -0.2) is 14.4 Å². The van der Waals surface area contributed by atoms with E-state index in [1.54, 1.807) is 30.6 Å². The van der Waals surface area contributed by atoms with Gasteiger partial charge in [0.1, 0.15) is 11.5 Å². The third-order valence-corrected chi connectivity index (χ3v) is 5.79. The number of carbonyl (C=O) groups excluding carboxylic acids is 1. The van der Waals surface area contributed by atoms with Gasteiger partial charge in [0.2, 0.25) is 11.8 Å². The molecule has 10 heteroatoms. The molecule has 1 amide bonds. The Hall–Kier alpha value is -4.21. The van der Waals surface area contributed by atoms with Crippen LogP contribution in [0.1, 0.15) is 25.3 Å². The fraction of sp³-hybridized carbons (Fsp3) is 0.308. The van der Waals surface area contributed by atoms with Crippen LogP contribution in [0.25, 0.3) is 0 Å². The minimum atomic E-state index is -0.304. The molecule has 0 radical (unpaired) electrons. The minimum absolute atomic E-state index is 0.0465. The maximum atomic E-state index is 13.0. The van der Waals surface area contributed by atoms with E-state index in [2.05, 4.69) is 30.5 Å². The van der Waals surface area contributed by atoms with Gasteiger partial charge in [-0.2, -0.15) is 4.99 Å². The monoisotopic (exact) mass is 491 g/mol. The van der Waals surface area contributed by atoms with E-state index < -0.39 is 0 Å². The molecule has 0 bridgehead atoms. The number of piperidine rings is 1. The van der Waals surface area contributed by atoms with Gasteiger partial charge >= 0.3 is 0 Å². The lowest BCUT2D eigenvalue weighted by atomic mass is 10.0. The summed E-state index contributed by atoms with van der Waals surface area (Å²) in [7, 11) is 0. The summed E-state index contributed by atoms with van der Waals surface area (Å²) in [5.41, 5.74) is 8.46. The zero-order valence-electron chi connectivity index (χ0n) is 20.2. The first-order valence-corrected chi connectivity index (χ1v) is 11.9. The molecule has 2 aromatic heterocycles. The Kier molecular flexibility index (Phi) is 8.28. The Morgan fingerprint density at radius 2 is 1.94 bits per heavy atom. The van der Waals surface area contributed by atoms with Gasteiger partial charge in [-0.1, -0.05) is 12.1 Å². The predicted octanol–water partition coefficient (Wildman–Crippen LogP) is 3.40. The summed E-state index contributed by atoms with van der Waals surface area (Å²) >= 11 is 0. The van der Waals surface area contributed by atoms with E-state index in [9.17, 15) is 9.18 Å². The zero-order chi connectivity index (χ0) is 25.3. The van der Waals surface area contributed by atoms with Crippen LogP contribution in [0.3, 0.4) is 0 Å². The summed E-state index contributed by atoms with van der Waals surface area (Å²) in [5.74, 6) is 0.767. The number of rotatable bonds is 8. The van der Waals surface area contributed by atoms with E-state index in [0.717, 1.165) is 37.2 Å². The Labute approximate surface area is 209 Å². The molecule has 188 valence electrons. The fourth-order valence-corrected chi connectivity index (χ4v) is 4.01. The number of ether oxygens (including phenoxy) is 1. The van der Waals surface area contributed by atoms with Crippen LogP contribution >= 0.6 is 0 Å². The first-order valence-electron chi connectivity index (χ1n) is 11.9. The van der Waals surface area contributed by atoms with Crippen LogP contribution in [0.15, 0.2) is 65.9 Å². The smallest absolute Gasteiger partial charge is 0.237 e. The fourth-order valence-electron chi connectivity index (χ4n) is 4.01. The molecule has 36 heavy (non-hydrogen) atoms. The second kappa shape index (κ2) is 12.0. The van der Waals surface area contributed by atoms with E-state index in [-0.39, 0.29) is 30.1 Å². The highest BCUT2D eigenvalue weighted by Gasteiger charge is 2.21. The number of benzene rings is 1. The SMILES string of the molecule is CCOc1ncccc1NC(N)=Nc1ccc(N2CCC(NC(=O)Cc3ccc(F)cc3)CC2)cn1. The van der Waals surface area contributed by atoms with E-state index in [0.29, 0.717) is 24.0 Å². The van der Waals surface area contributed by atoms with Gasteiger partial charge in [-0.05, 0) is 61.7 Å². The molecule has 9 nitrogen and oxygen atoms in total. The Bertz CT molecular complexity index is 1180. The second-order valence-electron chi connectivity index (χ2n) is 8.42. The summed E-state index contributed by atoms with van der Waals surface area (Å²) in [4.78, 5) is 27.5. The molecule has 0 unspecified atom stereocenters. The van der Waals surface area contributed by atoms with Crippen molar-refractivity contribution in [1.82, 2.24) is 15.3 Å². The van der Waals surface area contributed by atoms with Gasteiger partial charge in [0.05, 0.1) is 24.9 Å². The van der Waals surface area contributed by atoms with Gasteiger partial charge in [-0.3, -0.25) is 4.79 Å². The van der Waals surface area contributed by atoms with Crippen molar-refractivity contribution >= 4 is 29.1 Å². The minimum Gasteiger partial charge on any atom is -0.476 e. The van der Waals surface area contributed by atoms with Gasteiger partial charge in [0.15, 0.2) is 11.8 Å². The lowest BCUT2D eigenvalue weighted by molar-refractivity contribution is -0.121. The standard InChI is InChI=1S/C26H30FN7O2/c1-2-36-25-22(4-3-13-29-25)32-26(28)33-23-10-9-21(17-30-23)34-14-11-20(12-15-34)31-24(35)16-18-5-7-19(27)8-6-18/h3-10,13,17,20H,2,11-12,14-16H2,1H3,(H,31,35)(H3,28,30,32,33). The zero-order valence-corrected chi connectivity index (χ0v) is 20.2. The van der Waals surface area contributed by atoms with Crippen LogP contribution in [-0.4, -0.2) is 47.6 Å². The van der Waals surface area contributed by atoms with Crippen LogP contribution in [0.5, 0.6) is 5.88 Å². The molecule has 4 N–H and O–H groups in total. The summed E-state index contributed by atoms with van der Waals surface area (Å²) < 4.78 is 18.5. The summed E-state index contributed by atoms with van der Waals surface area (Å²) in [6.07, 6.45) is 5.33. The van der Waals surface area contributed by atoms with Crippen LogP contribution < -0.4 is 26.0 Å². The van der Waals surface area contributed by atoms with Crippen molar-refractivity contribution in [3.8, 4) is 5.88 Å². The number of anilines is 2. The van der Waals surface area contributed by atoms with Crippen molar-refractivity contribution in [3.05, 3.63) is 72.3 Å². The van der Waals surface area contributed by atoms with Crippen molar-refractivity contribution in [2.24, 2.45) is 10.7 Å². The number of guanidine groups is 1. The van der Waals surface area contributed by atoms with E-state index in [1.807, 2.05) is 25.1 Å². The third kappa shape index (κ3) is 6.91. The molecule has 1 fully saturated rings. The number of aliphatic imine (C=N–C) groups is 1. The summed E-state index contributed by atoms with van der Waals surface area (Å²) in [6.45, 7) is 3.98. The molecule has 3 aromatic rings. The summed E-state index contributed by atoms with van der Waals surface area (Å²) in [5, 5.41) is 6.09. The average Bonchev–Trinajstić information content (AvgIpc) is 2.88. The average molecular weight is 492 g/mol. The number of nitrogens with zero attached hydrogens (tertiary/aromatic N) is 4. The van der Waals surface area contributed by atoms with Crippen LogP contribution in [-0.2, 0) is 11.2 Å². The molecule has 3 heterocycles. The van der Waals surface area contributed by atoms with E-state index in [1.165, 1.54) is 12.1 Å². The normalized spacial score (nSPS) is 14.4. The highest BCUT2D eigenvalue weighted by Crippen LogP contribution is 2.23. The number of amides is 1. The molecular weight excluding hydrogens is 461 g/mol. The number of carbonyl (C=O) groups is 1. The number of aromatic nitrogens is 2. The van der Waals surface area contributed by atoms with E-state index >= 15 is 0 Å². The molecule has 0 atom stereocenters. The second-order valence-corrected chi connectivity index (χ2v) is 8.42. The van der Waals surface area contributed by atoms with Crippen LogP contribution in [0.2, 0.25) is 0 Å². The Morgan fingerprint density at radius 1 is 1.17 bits per heavy atom. The van der Waals surface area contributed by atoms with Crippen molar-refractivity contribution in [2.75, 3.05) is 29.9 Å². The highest BCUT2D eigenvalue weighted by atomic mass is 19.1. The van der Waals surface area contributed by atoms with Gasteiger partial charge < -0.3 is 26.0 Å². The summed E-state index contributed by atoms with van der Waals surface area (Å²) in [6, 6.07) is 13.5. The molecule has 0 spiro atoms. The van der Waals surface area contributed by atoms with Crippen molar-refractivity contribution in [1.29, 1.82) is 0 Å². The molecule has 4 rings (SSSR count). The van der Waals surface area contributed by atoms with Crippen LogP contribution in [0.4, 0.5) is 21.6 Å².